The lowest BCUT2D eigenvalue weighted by Gasteiger charge is -2.25. The van der Waals surface area contributed by atoms with Crippen molar-refractivity contribution in [2.75, 3.05) is 0 Å². The van der Waals surface area contributed by atoms with E-state index in [1.807, 2.05) is 0 Å². The largest absolute Gasteiger partial charge is 0.0784 e. The Balaban J connectivity index is 0.000000156. The van der Waals surface area contributed by atoms with Gasteiger partial charge >= 0.3 is 0 Å². The molecule has 0 fully saturated rings. The van der Waals surface area contributed by atoms with E-state index in [0.29, 0.717) is 0 Å². The van der Waals surface area contributed by atoms with Crippen LogP contribution < -0.4 is 31.1 Å². The van der Waals surface area contributed by atoms with Crippen LogP contribution in [0.2, 0.25) is 118 Å². The Morgan fingerprint density at radius 3 is 0.507 bits per heavy atom. The van der Waals surface area contributed by atoms with Crippen molar-refractivity contribution in [1.82, 2.24) is 0 Å². The number of fused-ring (bicyclic) bond motifs is 6. The fourth-order valence-electron chi connectivity index (χ4n) is 23.9. The van der Waals surface area contributed by atoms with E-state index in [1.54, 1.807) is 0 Å². The Hall–Kier alpha value is -13.8. The van der Waals surface area contributed by atoms with Gasteiger partial charge in [-0.15, -0.1) is 0 Å². The highest BCUT2D eigenvalue weighted by atomic mass is 28.3. The van der Waals surface area contributed by atoms with Crippen LogP contribution in [0.5, 0.6) is 0 Å². The molecule has 0 aromatic heterocycles. The molecule has 0 N–H and O–H groups in total. The van der Waals surface area contributed by atoms with Crippen LogP contribution in [0.4, 0.5) is 0 Å². The van der Waals surface area contributed by atoms with Crippen LogP contribution in [0.25, 0.3) is 241 Å². The van der Waals surface area contributed by atoms with Crippen molar-refractivity contribution in [3.8, 4) is 111 Å². The maximum atomic E-state index is 2.56. The van der Waals surface area contributed by atoms with E-state index in [0.717, 1.165) is 0 Å². The number of hydrogen-bond acceptors (Lipinski definition) is 0. The van der Waals surface area contributed by atoms with Gasteiger partial charge in [-0.25, -0.2) is 0 Å². The summed E-state index contributed by atoms with van der Waals surface area (Å²) in [6.45, 7) is 44.6. The summed E-state index contributed by atoms with van der Waals surface area (Å²) in [5.41, 5.74) is 25.4. The quantitative estimate of drug-likeness (QED) is 0.0668. The number of benzene rings is 24. The van der Waals surface area contributed by atoms with Crippen molar-refractivity contribution in [3.05, 3.63) is 400 Å². The zero-order valence-corrected chi connectivity index (χ0v) is 90.1. The molecule has 0 saturated heterocycles. The van der Waals surface area contributed by atoms with Crippen molar-refractivity contribution in [2.24, 2.45) is 0 Å². The predicted octanol–water partition coefficient (Wildman–Crippen LogP) is 36.0. The van der Waals surface area contributed by atoms with Gasteiger partial charge in [-0.2, -0.15) is 0 Å². The van der Waals surface area contributed by atoms with Crippen LogP contribution in [0.3, 0.4) is 0 Å². The minimum Gasteiger partial charge on any atom is -0.0656 e. The topological polar surface area (TPSA) is 0 Å². The molecule has 680 valence electrons. The molecule has 0 spiro atoms. The summed E-state index contributed by atoms with van der Waals surface area (Å²) in [6.07, 6.45) is 0. The Bertz CT molecular complexity index is 8900. The van der Waals surface area contributed by atoms with Crippen molar-refractivity contribution in [2.45, 2.75) is 118 Å². The summed E-state index contributed by atoms with van der Waals surface area (Å²) in [5.74, 6) is 0. The summed E-state index contributed by atoms with van der Waals surface area (Å²) in [4.78, 5) is 0. The van der Waals surface area contributed by atoms with Gasteiger partial charge < -0.3 is 0 Å². The first-order valence-corrected chi connectivity index (χ1v) is 71.3. The molecule has 0 saturated carbocycles. The van der Waals surface area contributed by atoms with E-state index in [-0.39, 0.29) is 0 Å². The Kier molecular flexibility index (Phi) is 21.9. The zero-order chi connectivity index (χ0) is 96.5. The van der Waals surface area contributed by atoms with E-state index in [9.17, 15) is 0 Å². The molecule has 0 bridgehead atoms. The van der Waals surface area contributed by atoms with E-state index in [2.05, 4.69) is 518 Å². The highest BCUT2D eigenvalue weighted by Crippen LogP contribution is 2.55. The fraction of sp³-hybridized carbons (Fsp3) is 0.134. The molecule has 140 heavy (non-hydrogen) atoms. The molecule has 0 unspecified atom stereocenters. The van der Waals surface area contributed by atoms with Gasteiger partial charge in [0.25, 0.3) is 0 Å². The highest BCUT2D eigenvalue weighted by Gasteiger charge is 2.33. The monoisotopic (exact) mass is 1900 g/mol. The third kappa shape index (κ3) is 15.4. The average molecular weight is 1900 g/mol. The van der Waals surface area contributed by atoms with E-state index in [1.165, 1.54) is 272 Å². The lowest BCUT2D eigenvalue weighted by molar-refractivity contribution is 1.60. The van der Waals surface area contributed by atoms with Crippen molar-refractivity contribution >= 4 is 209 Å². The minimum absolute atomic E-state index is 1.22. The van der Waals surface area contributed by atoms with Crippen LogP contribution in [-0.4, -0.2) is 48.4 Å². The normalized spacial score (nSPS) is 12.6. The van der Waals surface area contributed by atoms with Gasteiger partial charge in [0, 0.05) is 0 Å². The smallest absolute Gasteiger partial charge is 0.0656 e. The Morgan fingerprint density at radius 2 is 0.271 bits per heavy atom. The molecule has 0 aliphatic rings. The SMILES string of the molecule is C[Si](C)(C)c1ccc(-c2cc(-c3ccc(-c4ccccc4)cc3)c3ccc4c(-c5ccc([Si](C)(C)C)c6ccccc56)cc(-c5ccc([Si](C)(C)C)c6ccccc56)c5ccc2c3c45)c2ccccc12.C[Si](C)(C)c1ccc(-c2cc(-c3cccc(-c4ccccc4)c3)c3ccc4c(-c5ccc([Si](C)(C)C)c6ccccc56)cc(-c5ccc([Si](C)(C)C)c6ccccc56)c5ccc2c3c45)c2ccccc12. The molecule has 24 rings (SSSR count). The molecule has 0 nitrogen and oxygen atoms in total. The summed E-state index contributed by atoms with van der Waals surface area (Å²) in [5, 5.41) is 41.0. The third-order valence-corrected chi connectivity index (χ3v) is 42.8. The standard InChI is InChI=1S/2C67H60Si3/c1-68(2,3)63-37-34-49(46-24-13-16-27-52(46)63)60-41-59(45-23-19-22-44(40-45)43-20-11-10-12-21-43)55-30-31-57-61(50-35-38-64(69(4,5)6)53-28-17-14-25-47(50)53)42-62(58-33-32-56(60)66(55)67(57)58)51-36-39-65(70(7,8)9)54-29-18-15-26-48(51)54;1-68(2,3)63-38-35-49(46-21-13-16-24-52(46)63)60-41-59(45-29-27-44(28-30-45)43-19-11-10-12-20-43)55-31-32-57-61(50-36-39-64(69(4,5)6)53-25-17-14-22-47(50)53)42-62(58-34-33-56(60)66(55)67(57)58)51-37-40-65(70(7,8)9)54-26-18-15-23-48(51)54/h2*10-42H,1-9H3. The minimum atomic E-state index is -1.67. The van der Waals surface area contributed by atoms with Crippen molar-refractivity contribution in [1.29, 1.82) is 0 Å². The first-order valence-electron chi connectivity index (χ1n) is 50.3. The van der Waals surface area contributed by atoms with E-state index in [4.69, 9.17) is 0 Å². The summed E-state index contributed by atoms with van der Waals surface area (Å²) >= 11 is 0. The van der Waals surface area contributed by atoms with Crippen LogP contribution in [0.1, 0.15) is 0 Å². The molecule has 0 aliphatic carbocycles. The summed E-state index contributed by atoms with van der Waals surface area (Å²) < 4.78 is 0. The van der Waals surface area contributed by atoms with Crippen LogP contribution in [-0.2, 0) is 0 Å². The molecule has 6 heteroatoms. The van der Waals surface area contributed by atoms with Gasteiger partial charge in [-0.05, 0) is 271 Å². The van der Waals surface area contributed by atoms with E-state index >= 15 is 0 Å². The van der Waals surface area contributed by atoms with Gasteiger partial charge in [-0.3, -0.25) is 0 Å². The lowest BCUT2D eigenvalue weighted by Crippen LogP contribution is -2.38. The second-order valence-corrected chi connectivity index (χ2v) is 75.9. The van der Waals surface area contributed by atoms with Gasteiger partial charge in [0.1, 0.15) is 0 Å². The molecule has 0 radical (unpaired) electrons. The van der Waals surface area contributed by atoms with Crippen LogP contribution >= 0.6 is 0 Å². The van der Waals surface area contributed by atoms with E-state index < -0.39 is 48.4 Å². The van der Waals surface area contributed by atoms with Gasteiger partial charge in [0.2, 0.25) is 0 Å². The first-order chi connectivity index (χ1) is 67.3. The third-order valence-electron chi connectivity index (χ3n) is 30.5. The Morgan fingerprint density at radius 1 is 0.100 bits per heavy atom. The molecular weight excluding hydrogens is 1780 g/mol. The summed E-state index contributed by atoms with van der Waals surface area (Å²) in [7, 11) is -10.0. The molecular formula is C134H120Si6. The lowest BCUT2D eigenvalue weighted by atomic mass is 9.80. The molecule has 24 aromatic carbocycles. The summed E-state index contributed by atoms with van der Waals surface area (Å²) in [6, 6.07) is 155. The molecule has 0 amide bonds. The van der Waals surface area contributed by atoms with Gasteiger partial charge in [0.15, 0.2) is 0 Å². The van der Waals surface area contributed by atoms with Gasteiger partial charge in [0.05, 0.1) is 48.4 Å². The number of rotatable bonds is 16. The second-order valence-electron chi connectivity index (χ2n) is 45.7. The highest BCUT2D eigenvalue weighted by molar-refractivity contribution is 6.93. The molecule has 0 heterocycles. The molecule has 0 aliphatic heterocycles. The van der Waals surface area contributed by atoms with Crippen LogP contribution in [0, 0.1) is 0 Å². The predicted molar refractivity (Wildman–Crippen MR) is 638 cm³/mol. The second kappa shape index (κ2) is 34.0. The fourth-order valence-corrected chi connectivity index (χ4v) is 33.6. The average Bonchev–Trinajstić information content (AvgIpc) is 0.700. The van der Waals surface area contributed by atoms with Crippen molar-refractivity contribution < 1.29 is 0 Å². The van der Waals surface area contributed by atoms with Gasteiger partial charge in [-0.1, -0.05) is 519 Å². The Labute approximate surface area is 831 Å². The zero-order valence-electron chi connectivity index (χ0n) is 84.1. The number of hydrogen-bond donors (Lipinski definition) is 0. The molecule has 24 aromatic rings. The molecule has 0 atom stereocenters. The first kappa shape index (κ1) is 90.1. The maximum Gasteiger partial charge on any atom is 0.0784 e. The van der Waals surface area contributed by atoms with Crippen LogP contribution in [0.15, 0.2) is 400 Å². The maximum absolute atomic E-state index is 2.56. The van der Waals surface area contributed by atoms with Crippen molar-refractivity contribution in [3.63, 3.8) is 0 Å².